The normalized spacial score (nSPS) is 23.8. The summed E-state index contributed by atoms with van der Waals surface area (Å²) in [6, 6.07) is 15.4. The van der Waals surface area contributed by atoms with Gasteiger partial charge in [-0.2, -0.15) is 0 Å². The van der Waals surface area contributed by atoms with Gasteiger partial charge in [0.1, 0.15) is 0 Å². The Hall–Kier alpha value is -3.18. The summed E-state index contributed by atoms with van der Waals surface area (Å²) in [4.78, 5) is 31.0. The number of aromatic nitrogens is 1. The first kappa shape index (κ1) is 24.2. The second-order valence-electron chi connectivity index (χ2n) is 10.8. The third kappa shape index (κ3) is 4.77. The van der Waals surface area contributed by atoms with E-state index in [1.807, 2.05) is 48.5 Å². The fraction of sp³-hybridized carbons (Fsp3) is 0.387. The van der Waals surface area contributed by atoms with Crippen molar-refractivity contribution >= 4 is 46.0 Å². The van der Waals surface area contributed by atoms with Crippen LogP contribution in [0.2, 0.25) is 5.02 Å². The average Bonchev–Trinajstić information content (AvgIpc) is 3.64. The van der Waals surface area contributed by atoms with E-state index in [2.05, 4.69) is 18.3 Å². The number of para-hydroxylation sites is 1. The van der Waals surface area contributed by atoms with Gasteiger partial charge in [0.25, 0.3) is 5.91 Å². The lowest BCUT2D eigenvalue weighted by Crippen LogP contribution is -2.42. The number of esters is 1. The Bertz CT molecular complexity index is 1400. The molecule has 2 saturated carbocycles. The highest BCUT2D eigenvalue weighted by molar-refractivity contribution is 6.30. The minimum absolute atomic E-state index is 0.105. The lowest BCUT2D eigenvalue weighted by atomic mass is 9.84. The van der Waals surface area contributed by atoms with Gasteiger partial charge in [0, 0.05) is 16.5 Å². The van der Waals surface area contributed by atoms with Crippen LogP contribution in [0, 0.1) is 17.8 Å². The van der Waals surface area contributed by atoms with Gasteiger partial charge in [-0.1, -0.05) is 48.4 Å². The first-order chi connectivity index (χ1) is 18.0. The largest absolute Gasteiger partial charge is 0.452 e. The number of nitrogens with zero attached hydrogens (tertiary/aromatic N) is 1. The van der Waals surface area contributed by atoms with Gasteiger partial charge in [-0.25, -0.2) is 9.78 Å². The predicted octanol–water partition coefficient (Wildman–Crippen LogP) is 6.47. The van der Waals surface area contributed by atoms with E-state index >= 15 is 0 Å². The van der Waals surface area contributed by atoms with Gasteiger partial charge in [0.05, 0.1) is 16.8 Å². The molecule has 3 aliphatic carbocycles. The number of ether oxygens (including phenoxy) is 1. The molecule has 6 rings (SSSR count). The number of fused-ring (bicyclic) bond motifs is 4. The third-order valence-electron chi connectivity index (χ3n) is 8.51. The first-order valence-corrected chi connectivity index (χ1v) is 13.7. The van der Waals surface area contributed by atoms with Crippen LogP contribution in [0.5, 0.6) is 0 Å². The SMILES string of the molecule is CC(NC(=O)COC(=O)c1c2c(nc3ccccc13)C(=Cc1ccc(Cl)cc1)CC2)C1CC2CCC1C2. The molecule has 2 bridgehead atoms. The zero-order valence-electron chi connectivity index (χ0n) is 21.0. The van der Waals surface area contributed by atoms with Crippen LogP contribution in [0.3, 0.4) is 0 Å². The highest BCUT2D eigenvalue weighted by Crippen LogP contribution is 2.49. The maximum atomic E-state index is 13.4. The van der Waals surface area contributed by atoms with E-state index in [0.29, 0.717) is 22.9 Å². The van der Waals surface area contributed by atoms with Crippen molar-refractivity contribution in [2.45, 2.75) is 51.5 Å². The van der Waals surface area contributed by atoms with Crippen molar-refractivity contribution in [3.8, 4) is 0 Å². The summed E-state index contributed by atoms with van der Waals surface area (Å²) in [5.41, 5.74) is 5.09. The fourth-order valence-corrected chi connectivity index (χ4v) is 6.91. The van der Waals surface area contributed by atoms with Crippen molar-refractivity contribution in [2.24, 2.45) is 17.8 Å². The number of nitrogens with one attached hydrogen (secondary N) is 1. The summed E-state index contributed by atoms with van der Waals surface area (Å²) >= 11 is 6.04. The Morgan fingerprint density at radius 2 is 1.92 bits per heavy atom. The minimum atomic E-state index is -0.467. The van der Waals surface area contributed by atoms with Crippen LogP contribution in [-0.2, 0) is 16.0 Å². The number of halogens is 1. The molecule has 4 atom stereocenters. The molecule has 3 aromatic rings. The number of benzene rings is 2. The van der Waals surface area contributed by atoms with Crippen LogP contribution in [-0.4, -0.2) is 29.5 Å². The summed E-state index contributed by atoms with van der Waals surface area (Å²) in [5, 5.41) is 4.54. The van der Waals surface area contributed by atoms with Gasteiger partial charge in [-0.3, -0.25) is 4.79 Å². The molecule has 4 unspecified atom stereocenters. The van der Waals surface area contributed by atoms with E-state index in [4.69, 9.17) is 21.3 Å². The van der Waals surface area contributed by atoms with E-state index in [-0.39, 0.29) is 18.6 Å². The Morgan fingerprint density at radius 1 is 1.11 bits per heavy atom. The molecule has 5 nitrogen and oxygen atoms in total. The van der Waals surface area contributed by atoms with Gasteiger partial charge in [-0.15, -0.1) is 0 Å². The maximum absolute atomic E-state index is 13.4. The molecule has 2 fully saturated rings. The monoisotopic (exact) mass is 514 g/mol. The number of hydrogen-bond acceptors (Lipinski definition) is 4. The summed E-state index contributed by atoms with van der Waals surface area (Å²) in [6.45, 7) is 1.81. The van der Waals surface area contributed by atoms with Gasteiger partial charge in [0.15, 0.2) is 6.61 Å². The van der Waals surface area contributed by atoms with Gasteiger partial charge >= 0.3 is 5.97 Å². The van der Waals surface area contributed by atoms with Crippen molar-refractivity contribution in [2.75, 3.05) is 6.61 Å². The molecule has 3 aliphatic rings. The molecular formula is C31H31ClN2O3. The van der Waals surface area contributed by atoms with E-state index in [1.165, 1.54) is 25.7 Å². The standard InChI is InChI=1S/C31H31ClN2O3/c1-18(26-16-20-6-9-21(26)15-20)33-28(35)17-37-31(36)29-24-4-2-3-5-27(24)34-30-22(10-13-25(29)30)14-19-7-11-23(32)12-8-19/h2-5,7-8,11-12,14,18,20-21,26H,6,9-10,13,15-17H2,1H3,(H,33,35). The van der Waals surface area contributed by atoms with Crippen molar-refractivity contribution in [1.82, 2.24) is 10.3 Å². The van der Waals surface area contributed by atoms with E-state index in [0.717, 1.165) is 51.6 Å². The van der Waals surface area contributed by atoms with E-state index in [1.54, 1.807) is 0 Å². The molecular weight excluding hydrogens is 484 g/mol. The number of rotatable bonds is 6. The number of pyridine rings is 1. The minimum Gasteiger partial charge on any atom is -0.452 e. The van der Waals surface area contributed by atoms with Gasteiger partial charge in [-0.05, 0) is 97.8 Å². The third-order valence-corrected chi connectivity index (χ3v) is 8.77. The molecule has 0 aliphatic heterocycles. The summed E-state index contributed by atoms with van der Waals surface area (Å²) < 4.78 is 5.60. The lowest BCUT2D eigenvalue weighted by molar-refractivity contribution is -0.125. The zero-order chi connectivity index (χ0) is 25.5. The molecule has 0 spiro atoms. The molecule has 1 N–H and O–H groups in total. The molecule has 1 amide bonds. The van der Waals surface area contributed by atoms with Crippen molar-refractivity contribution in [1.29, 1.82) is 0 Å². The van der Waals surface area contributed by atoms with Crippen LogP contribution < -0.4 is 5.32 Å². The van der Waals surface area contributed by atoms with Gasteiger partial charge < -0.3 is 10.1 Å². The molecule has 0 saturated heterocycles. The van der Waals surface area contributed by atoms with E-state index in [9.17, 15) is 9.59 Å². The van der Waals surface area contributed by atoms with Crippen molar-refractivity contribution in [3.63, 3.8) is 0 Å². The summed E-state index contributed by atoms with van der Waals surface area (Å²) in [6.07, 6.45) is 8.69. The smallest absolute Gasteiger partial charge is 0.339 e. The number of carbonyl (C=O) groups is 2. The summed E-state index contributed by atoms with van der Waals surface area (Å²) in [7, 11) is 0. The zero-order valence-corrected chi connectivity index (χ0v) is 21.8. The molecule has 37 heavy (non-hydrogen) atoms. The molecule has 1 heterocycles. The Balaban J connectivity index is 1.21. The number of allylic oxidation sites excluding steroid dienone is 1. The maximum Gasteiger partial charge on any atom is 0.339 e. The summed E-state index contributed by atoms with van der Waals surface area (Å²) in [5.74, 6) is 1.39. The Labute approximate surface area is 222 Å². The second-order valence-corrected chi connectivity index (χ2v) is 11.3. The van der Waals surface area contributed by atoms with Crippen molar-refractivity contribution in [3.05, 3.63) is 75.9 Å². The second kappa shape index (κ2) is 9.94. The van der Waals surface area contributed by atoms with Crippen LogP contribution in [0.1, 0.15) is 66.2 Å². The molecule has 1 aromatic heterocycles. The molecule has 6 heteroatoms. The molecule has 0 radical (unpaired) electrons. The molecule has 190 valence electrons. The highest BCUT2D eigenvalue weighted by atomic mass is 35.5. The molecule has 2 aromatic carbocycles. The topological polar surface area (TPSA) is 68.3 Å². The highest BCUT2D eigenvalue weighted by Gasteiger charge is 2.42. The van der Waals surface area contributed by atoms with Crippen LogP contribution >= 0.6 is 11.6 Å². The lowest BCUT2D eigenvalue weighted by Gasteiger charge is -2.28. The van der Waals surface area contributed by atoms with Gasteiger partial charge in [0.2, 0.25) is 0 Å². The fourth-order valence-electron chi connectivity index (χ4n) is 6.78. The predicted molar refractivity (Wildman–Crippen MR) is 146 cm³/mol. The van der Waals surface area contributed by atoms with Crippen LogP contribution in [0.25, 0.3) is 22.6 Å². The number of hydrogen-bond donors (Lipinski definition) is 1. The average molecular weight is 515 g/mol. The Kier molecular flexibility index (Phi) is 6.49. The quantitative estimate of drug-likeness (QED) is 0.383. The van der Waals surface area contributed by atoms with Crippen LogP contribution in [0.15, 0.2) is 48.5 Å². The van der Waals surface area contributed by atoms with Crippen molar-refractivity contribution < 1.29 is 14.3 Å². The van der Waals surface area contributed by atoms with E-state index < -0.39 is 5.97 Å². The number of amides is 1. The van der Waals surface area contributed by atoms with Crippen LogP contribution in [0.4, 0.5) is 0 Å². The Morgan fingerprint density at radius 3 is 2.68 bits per heavy atom. The number of carbonyl (C=O) groups excluding carboxylic acids is 2. The first-order valence-electron chi connectivity index (χ1n) is 13.3.